The number of H-pyrrole nitrogens is 1. The van der Waals surface area contributed by atoms with Crippen molar-refractivity contribution in [3.8, 4) is 17.5 Å². The number of imidazole rings is 1. The van der Waals surface area contributed by atoms with Crippen molar-refractivity contribution in [1.29, 1.82) is 5.26 Å². The molecule has 0 amide bonds. The molecular weight excluding hydrogens is 210 g/mol. The number of fused-ring (bicyclic) bond motifs is 1. The van der Waals surface area contributed by atoms with Crippen molar-refractivity contribution in [3.05, 3.63) is 54.4 Å². The minimum Gasteiger partial charge on any atom is -0.330 e. The zero-order valence-electron chi connectivity index (χ0n) is 9.01. The van der Waals surface area contributed by atoms with Crippen LogP contribution in [0.25, 0.3) is 22.2 Å². The Labute approximate surface area is 98.4 Å². The minimum absolute atomic E-state index is 0.480. The lowest BCUT2D eigenvalue weighted by molar-refractivity contribution is 1.30. The molecule has 17 heavy (non-hydrogen) atoms. The van der Waals surface area contributed by atoms with E-state index in [0.29, 0.717) is 5.69 Å². The van der Waals surface area contributed by atoms with Crippen LogP contribution in [0.5, 0.6) is 0 Å². The van der Waals surface area contributed by atoms with Crippen molar-refractivity contribution in [1.82, 2.24) is 9.97 Å². The molecule has 0 aliphatic carbocycles. The molecule has 1 aromatic heterocycles. The van der Waals surface area contributed by atoms with Gasteiger partial charge in [0.25, 0.3) is 0 Å². The first-order valence-corrected chi connectivity index (χ1v) is 5.32. The largest absolute Gasteiger partial charge is 0.330 e. The van der Waals surface area contributed by atoms with Gasteiger partial charge in [0.05, 0.1) is 6.20 Å². The highest BCUT2D eigenvalue weighted by Crippen LogP contribution is 2.26. The van der Waals surface area contributed by atoms with Crippen LogP contribution in [0.4, 0.5) is 0 Å². The third-order valence-electron chi connectivity index (χ3n) is 2.74. The molecule has 0 bridgehead atoms. The van der Waals surface area contributed by atoms with E-state index < -0.39 is 0 Å². The monoisotopic (exact) mass is 219 g/mol. The number of nitrogens with zero attached hydrogens (tertiary/aromatic N) is 2. The number of nitriles is 1. The Morgan fingerprint density at radius 3 is 2.71 bits per heavy atom. The molecule has 3 aromatic rings. The molecule has 2 aromatic carbocycles. The second-order valence-electron chi connectivity index (χ2n) is 3.78. The van der Waals surface area contributed by atoms with Gasteiger partial charge in [-0.3, -0.25) is 0 Å². The molecule has 80 valence electrons. The minimum atomic E-state index is 0.480. The third kappa shape index (κ3) is 1.56. The molecule has 1 heterocycles. The van der Waals surface area contributed by atoms with Crippen LogP contribution in [0.2, 0.25) is 0 Å². The summed E-state index contributed by atoms with van der Waals surface area (Å²) in [4.78, 5) is 7.23. The quantitative estimate of drug-likeness (QED) is 0.683. The molecule has 3 rings (SSSR count). The van der Waals surface area contributed by atoms with Crippen molar-refractivity contribution >= 4 is 10.8 Å². The van der Waals surface area contributed by atoms with Crippen LogP contribution in [0, 0.1) is 11.3 Å². The van der Waals surface area contributed by atoms with E-state index in [1.165, 1.54) is 5.39 Å². The Kier molecular flexibility index (Phi) is 2.13. The van der Waals surface area contributed by atoms with Crippen molar-refractivity contribution < 1.29 is 0 Å². The number of hydrogen-bond donors (Lipinski definition) is 1. The smallest absolute Gasteiger partial charge is 0.138 e. The molecule has 3 nitrogen and oxygen atoms in total. The maximum Gasteiger partial charge on any atom is 0.138 e. The molecule has 0 aliphatic rings. The third-order valence-corrected chi connectivity index (χ3v) is 2.74. The van der Waals surface area contributed by atoms with Crippen LogP contribution < -0.4 is 0 Å². The van der Waals surface area contributed by atoms with Crippen LogP contribution in [0.3, 0.4) is 0 Å². The number of aromatic nitrogens is 2. The fraction of sp³-hybridized carbons (Fsp3) is 0. The molecule has 0 aliphatic heterocycles. The predicted octanol–water partition coefficient (Wildman–Crippen LogP) is 3.10. The van der Waals surface area contributed by atoms with Crippen molar-refractivity contribution in [2.24, 2.45) is 0 Å². The molecule has 0 unspecified atom stereocenters. The highest BCUT2D eigenvalue weighted by molar-refractivity contribution is 5.95. The zero-order valence-corrected chi connectivity index (χ0v) is 9.01. The topological polar surface area (TPSA) is 52.5 Å². The molecule has 3 heteroatoms. The van der Waals surface area contributed by atoms with E-state index in [9.17, 15) is 0 Å². The highest BCUT2D eigenvalue weighted by atomic mass is 14.9. The van der Waals surface area contributed by atoms with E-state index in [1.807, 2.05) is 30.3 Å². The summed E-state index contributed by atoms with van der Waals surface area (Å²) in [5, 5.41) is 11.1. The average Bonchev–Trinajstić information content (AvgIpc) is 2.87. The Hall–Kier alpha value is -2.60. The van der Waals surface area contributed by atoms with Gasteiger partial charge in [0, 0.05) is 5.56 Å². The second-order valence-corrected chi connectivity index (χ2v) is 3.78. The average molecular weight is 219 g/mol. The highest BCUT2D eigenvalue weighted by Gasteiger charge is 2.06. The van der Waals surface area contributed by atoms with Crippen LogP contribution >= 0.6 is 0 Å². The molecule has 0 atom stereocenters. The Balaban J connectivity index is 2.27. The lowest BCUT2D eigenvalue weighted by Gasteiger charge is -2.03. The van der Waals surface area contributed by atoms with Gasteiger partial charge in [-0.05, 0) is 10.8 Å². The van der Waals surface area contributed by atoms with E-state index in [1.54, 1.807) is 6.20 Å². The van der Waals surface area contributed by atoms with Gasteiger partial charge in [0.2, 0.25) is 0 Å². The first-order valence-electron chi connectivity index (χ1n) is 5.32. The van der Waals surface area contributed by atoms with Crippen LogP contribution in [-0.4, -0.2) is 9.97 Å². The number of benzene rings is 2. The first kappa shape index (κ1) is 9.61. The number of hydrogen-bond acceptors (Lipinski definition) is 2. The Morgan fingerprint density at radius 2 is 1.88 bits per heavy atom. The molecular formula is C14H9N3. The summed E-state index contributed by atoms with van der Waals surface area (Å²) in [6, 6.07) is 16.2. The fourth-order valence-corrected chi connectivity index (χ4v) is 1.95. The fourth-order valence-electron chi connectivity index (χ4n) is 1.95. The van der Waals surface area contributed by atoms with Gasteiger partial charge >= 0.3 is 0 Å². The van der Waals surface area contributed by atoms with Crippen molar-refractivity contribution in [2.45, 2.75) is 0 Å². The standard InChI is InChI=1S/C14H9N3/c15-8-11-9-16-14(17-11)13-7-3-5-10-4-1-2-6-12(10)13/h1-7,9H,(H,16,17). The lowest BCUT2D eigenvalue weighted by atomic mass is 10.0. The van der Waals surface area contributed by atoms with E-state index >= 15 is 0 Å². The second kappa shape index (κ2) is 3.76. The van der Waals surface area contributed by atoms with E-state index in [0.717, 1.165) is 16.8 Å². The number of rotatable bonds is 1. The van der Waals surface area contributed by atoms with Crippen LogP contribution in [0.1, 0.15) is 5.69 Å². The zero-order chi connectivity index (χ0) is 11.7. The summed E-state index contributed by atoms with van der Waals surface area (Å²) in [5.41, 5.74) is 1.50. The van der Waals surface area contributed by atoms with Crippen LogP contribution in [0.15, 0.2) is 48.7 Å². The number of aromatic amines is 1. The molecule has 1 N–H and O–H groups in total. The molecule has 0 fully saturated rings. The van der Waals surface area contributed by atoms with Gasteiger partial charge in [-0.25, -0.2) is 4.98 Å². The summed E-state index contributed by atoms with van der Waals surface area (Å²) in [6.07, 6.45) is 1.55. The summed E-state index contributed by atoms with van der Waals surface area (Å²) in [7, 11) is 0. The molecule has 0 saturated heterocycles. The first-order chi connectivity index (χ1) is 8.38. The number of nitrogens with one attached hydrogen (secondary N) is 1. The summed E-state index contributed by atoms with van der Waals surface area (Å²) in [6.45, 7) is 0. The van der Waals surface area contributed by atoms with Gasteiger partial charge in [-0.1, -0.05) is 42.5 Å². The van der Waals surface area contributed by atoms with Crippen molar-refractivity contribution in [3.63, 3.8) is 0 Å². The maximum atomic E-state index is 8.79. The van der Waals surface area contributed by atoms with E-state index in [4.69, 9.17) is 5.26 Å². The lowest BCUT2D eigenvalue weighted by Crippen LogP contribution is -1.83. The summed E-state index contributed by atoms with van der Waals surface area (Å²) >= 11 is 0. The SMILES string of the molecule is N#Cc1cnc(-c2cccc3ccccc23)[nH]1. The van der Waals surface area contributed by atoms with Crippen molar-refractivity contribution in [2.75, 3.05) is 0 Å². The normalized spacial score (nSPS) is 10.3. The Bertz CT molecular complexity index is 714. The van der Waals surface area contributed by atoms with E-state index in [2.05, 4.69) is 28.2 Å². The molecule has 0 saturated carbocycles. The van der Waals surface area contributed by atoms with Gasteiger partial charge in [-0.15, -0.1) is 0 Å². The van der Waals surface area contributed by atoms with E-state index in [-0.39, 0.29) is 0 Å². The van der Waals surface area contributed by atoms with Crippen LogP contribution in [-0.2, 0) is 0 Å². The summed E-state index contributed by atoms with van der Waals surface area (Å²) in [5.74, 6) is 0.735. The maximum absolute atomic E-state index is 8.79. The summed E-state index contributed by atoms with van der Waals surface area (Å²) < 4.78 is 0. The van der Waals surface area contributed by atoms with Gasteiger partial charge in [-0.2, -0.15) is 5.26 Å². The molecule has 0 radical (unpaired) electrons. The molecule has 0 spiro atoms. The Morgan fingerprint density at radius 1 is 1.06 bits per heavy atom. The van der Waals surface area contributed by atoms with Gasteiger partial charge < -0.3 is 4.98 Å². The predicted molar refractivity (Wildman–Crippen MR) is 66.2 cm³/mol. The van der Waals surface area contributed by atoms with Gasteiger partial charge in [0.1, 0.15) is 17.6 Å². The van der Waals surface area contributed by atoms with Gasteiger partial charge in [0.15, 0.2) is 0 Å².